The van der Waals surface area contributed by atoms with E-state index < -0.39 is 6.10 Å². The molecule has 2 heterocycles. The van der Waals surface area contributed by atoms with E-state index in [0.29, 0.717) is 13.0 Å². The van der Waals surface area contributed by atoms with Gasteiger partial charge in [-0.05, 0) is 12.0 Å². The highest BCUT2D eigenvalue weighted by atomic mass is 16.6. The Morgan fingerprint density at radius 3 is 2.52 bits per heavy atom. The number of azide groups is 1. The summed E-state index contributed by atoms with van der Waals surface area (Å²) in [7, 11) is 0. The maximum absolute atomic E-state index is 11.4. The molecular formula is C13H20N4O4. The molecule has 0 bridgehead atoms. The fourth-order valence-electron chi connectivity index (χ4n) is 3.34. The molecule has 0 spiro atoms. The topological polar surface area (TPSA) is 105 Å². The molecule has 5 atom stereocenters. The SMILES string of the molecule is CC(=O)O[C@H]1[C@H](C)[C@@H](N=[N+]=[N-])CN2CC[C@H](OC(C)=O)[C@H]12. The minimum Gasteiger partial charge on any atom is -0.461 e. The second kappa shape index (κ2) is 6.32. The van der Waals surface area contributed by atoms with Crippen LogP contribution in [-0.4, -0.2) is 54.2 Å². The average Bonchev–Trinajstić information content (AvgIpc) is 2.76. The minimum absolute atomic E-state index is 0.123. The van der Waals surface area contributed by atoms with Gasteiger partial charge >= 0.3 is 11.9 Å². The van der Waals surface area contributed by atoms with Crippen molar-refractivity contribution < 1.29 is 19.1 Å². The van der Waals surface area contributed by atoms with Crippen molar-refractivity contribution >= 4 is 11.9 Å². The molecule has 0 aromatic heterocycles. The number of hydrogen-bond acceptors (Lipinski definition) is 6. The fraction of sp³-hybridized carbons (Fsp3) is 0.846. The predicted octanol–water partition coefficient (Wildman–Crippen LogP) is 1.25. The molecule has 21 heavy (non-hydrogen) atoms. The average molecular weight is 296 g/mol. The summed E-state index contributed by atoms with van der Waals surface area (Å²) in [5.41, 5.74) is 8.68. The summed E-state index contributed by atoms with van der Waals surface area (Å²) in [5, 5.41) is 3.81. The maximum Gasteiger partial charge on any atom is 0.302 e. The van der Waals surface area contributed by atoms with Crippen LogP contribution in [0.5, 0.6) is 0 Å². The molecule has 116 valence electrons. The van der Waals surface area contributed by atoms with Crippen LogP contribution < -0.4 is 0 Å². The molecule has 2 rings (SSSR count). The molecule has 0 amide bonds. The molecule has 0 aliphatic carbocycles. The number of nitrogens with zero attached hydrogens (tertiary/aromatic N) is 4. The highest BCUT2D eigenvalue weighted by Gasteiger charge is 2.50. The van der Waals surface area contributed by atoms with Gasteiger partial charge in [0.1, 0.15) is 12.2 Å². The predicted molar refractivity (Wildman–Crippen MR) is 73.2 cm³/mol. The molecule has 8 nitrogen and oxygen atoms in total. The second-order valence-electron chi connectivity index (χ2n) is 5.63. The van der Waals surface area contributed by atoms with E-state index in [9.17, 15) is 9.59 Å². The van der Waals surface area contributed by atoms with Crippen LogP contribution in [0.2, 0.25) is 0 Å². The quantitative estimate of drug-likeness (QED) is 0.337. The second-order valence-corrected chi connectivity index (χ2v) is 5.63. The molecule has 0 aromatic rings. The Kier molecular flexibility index (Phi) is 4.69. The third kappa shape index (κ3) is 3.28. The van der Waals surface area contributed by atoms with Gasteiger partial charge < -0.3 is 9.47 Å². The van der Waals surface area contributed by atoms with Crippen LogP contribution in [-0.2, 0) is 19.1 Å². The first-order valence-corrected chi connectivity index (χ1v) is 7.06. The summed E-state index contributed by atoms with van der Waals surface area (Å²) in [6.45, 7) is 5.94. The highest BCUT2D eigenvalue weighted by Crippen LogP contribution is 2.36. The largest absolute Gasteiger partial charge is 0.461 e. The van der Waals surface area contributed by atoms with Crippen molar-refractivity contribution in [2.45, 2.75) is 51.5 Å². The van der Waals surface area contributed by atoms with Crippen LogP contribution in [0.3, 0.4) is 0 Å². The molecule has 2 aliphatic rings. The van der Waals surface area contributed by atoms with E-state index in [0.717, 1.165) is 6.54 Å². The third-order valence-corrected chi connectivity index (χ3v) is 4.21. The number of hydrogen-bond donors (Lipinski definition) is 0. The number of piperidine rings is 1. The van der Waals surface area contributed by atoms with Crippen LogP contribution in [0.15, 0.2) is 5.11 Å². The van der Waals surface area contributed by atoms with Crippen LogP contribution in [0, 0.1) is 5.92 Å². The first-order valence-electron chi connectivity index (χ1n) is 7.06. The number of rotatable bonds is 3. The van der Waals surface area contributed by atoms with Crippen LogP contribution in [0.4, 0.5) is 0 Å². The molecular weight excluding hydrogens is 276 g/mol. The summed E-state index contributed by atoms with van der Waals surface area (Å²) in [5.74, 6) is -0.850. The normalized spacial score (nSPS) is 35.5. The Bertz CT molecular complexity index is 477. The number of carbonyl (C=O) groups is 2. The van der Waals surface area contributed by atoms with Gasteiger partial charge in [-0.25, -0.2) is 0 Å². The molecule has 0 N–H and O–H groups in total. The Morgan fingerprint density at radius 1 is 1.29 bits per heavy atom. The minimum atomic E-state index is -0.446. The van der Waals surface area contributed by atoms with Crippen molar-refractivity contribution in [1.82, 2.24) is 4.90 Å². The molecule has 8 heteroatoms. The smallest absolute Gasteiger partial charge is 0.302 e. The lowest BCUT2D eigenvalue weighted by atomic mass is 9.85. The Balaban J connectivity index is 2.25. The highest BCUT2D eigenvalue weighted by molar-refractivity contribution is 5.67. The monoisotopic (exact) mass is 296 g/mol. The first-order chi connectivity index (χ1) is 9.93. The Morgan fingerprint density at radius 2 is 1.95 bits per heavy atom. The van der Waals surface area contributed by atoms with E-state index in [4.69, 9.17) is 15.0 Å². The molecule has 2 saturated heterocycles. The van der Waals surface area contributed by atoms with E-state index in [2.05, 4.69) is 14.9 Å². The van der Waals surface area contributed by atoms with Crippen molar-refractivity contribution in [3.8, 4) is 0 Å². The fourth-order valence-corrected chi connectivity index (χ4v) is 3.34. The van der Waals surface area contributed by atoms with Gasteiger partial charge in [-0.15, -0.1) is 0 Å². The molecule has 0 unspecified atom stereocenters. The van der Waals surface area contributed by atoms with E-state index >= 15 is 0 Å². The van der Waals surface area contributed by atoms with Crippen molar-refractivity contribution in [2.24, 2.45) is 11.0 Å². The van der Waals surface area contributed by atoms with Crippen molar-refractivity contribution in [2.75, 3.05) is 13.1 Å². The lowest BCUT2D eigenvalue weighted by molar-refractivity contribution is -0.164. The summed E-state index contributed by atoms with van der Waals surface area (Å²) in [6, 6.07) is -0.426. The Hall–Kier alpha value is -1.79. The van der Waals surface area contributed by atoms with Gasteiger partial charge in [-0.1, -0.05) is 12.0 Å². The molecule has 2 aliphatic heterocycles. The van der Waals surface area contributed by atoms with Gasteiger partial charge in [0.15, 0.2) is 0 Å². The lowest BCUT2D eigenvalue weighted by Crippen LogP contribution is -2.59. The van der Waals surface area contributed by atoms with Crippen LogP contribution in [0.25, 0.3) is 10.4 Å². The van der Waals surface area contributed by atoms with E-state index in [1.54, 1.807) is 0 Å². The van der Waals surface area contributed by atoms with E-state index in [1.807, 2.05) is 6.92 Å². The van der Waals surface area contributed by atoms with Crippen molar-refractivity contribution in [3.63, 3.8) is 0 Å². The van der Waals surface area contributed by atoms with Crippen LogP contribution >= 0.6 is 0 Å². The van der Waals surface area contributed by atoms with Crippen LogP contribution in [0.1, 0.15) is 27.2 Å². The molecule has 0 radical (unpaired) electrons. The van der Waals surface area contributed by atoms with Gasteiger partial charge in [0.2, 0.25) is 0 Å². The van der Waals surface area contributed by atoms with E-state index in [-0.39, 0.29) is 36.0 Å². The Labute approximate surface area is 123 Å². The maximum atomic E-state index is 11.4. The molecule has 0 saturated carbocycles. The summed E-state index contributed by atoms with van der Waals surface area (Å²) in [6.07, 6.45) is -0.0440. The number of ether oxygens (including phenoxy) is 2. The zero-order valence-corrected chi connectivity index (χ0v) is 12.4. The van der Waals surface area contributed by atoms with Crippen molar-refractivity contribution in [3.05, 3.63) is 10.4 Å². The van der Waals surface area contributed by atoms with Gasteiger partial charge in [-0.3, -0.25) is 14.5 Å². The lowest BCUT2D eigenvalue weighted by Gasteiger charge is -2.44. The summed E-state index contributed by atoms with van der Waals surface area (Å²) < 4.78 is 10.8. The standard InChI is InChI=1S/C13H20N4O4/c1-7-10(15-16-14)6-17-5-4-11(20-8(2)18)12(17)13(7)21-9(3)19/h7,10-13H,4-6H2,1-3H3/t7-,10+,11+,12-,13+/m1/s1. The molecule has 0 aromatic carbocycles. The number of esters is 2. The summed E-state index contributed by atoms with van der Waals surface area (Å²) in [4.78, 5) is 27.6. The third-order valence-electron chi connectivity index (χ3n) is 4.21. The van der Waals surface area contributed by atoms with E-state index in [1.165, 1.54) is 13.8 Å². The molecule has 2 fully saturated rings. The zero-order valence-electron chi connectivity index (χ0n) is 12.4. The van der Waals surface area contributed by atoms with Gasteiger partial charge in [0.25, 0.3) is 0 Å². The first kappa shape index (κ1) is 15.6. The van der Waals surface area contributed by atoms with Crippen molar-refractivity contribution in [1.29, 1.82) is 0 Å². The number of carbonyl (C=O) groups excluding carboxylic acids is 2. The zero-order chi connectivity index (χ0) is 15.6. The van der Waals surface area contributed by atoms with Gasteiger partial charge in [0, 0.05) is 37.8 Å². The number of fused-ring (bicyclic) bond motifs is 1. The van der Waals surface area contributed by atoms with Gasteiger partial charge in [-0.2, -0.15) is 0 Å². The van der Waals surface area contributed by atoms with Gasteiger partial charge in [0.05, 0.1) is 12.1 Å². The summed E-state index contributed by atoms with van der Waals surface area (Å²) >= 11 is 0.